The highest BCUT2D eigenvalue weighted by molar-refractivity contribution is 6.30. The minimum Gasteiger partial charge on any atom is -0.481 e. The van der Waals surface area contributed by atoms with Gasteiger partial charge < -0.3 is 10.1 Å². The lowest BCUT2D eigenvalue weighted by Gasteiger charge is -2.10. The molecule has 0 bridgehead atoms. The van der Waals surface area contributed by atoms with Gasteiger partial charge in [0, 0.05) is 18.6 Å². The van der Waals surface area contributed by atoms with Gasteiger partial charge in [0.2, 0.25) is 5.88 Å². The predicted molar refractivity (Wildman–Crippen MR) is 82.6 cm³/mol. The number of hydrogen-bond donors (Lipinski definition) is 1. The molecule has 1 aromatic carbocycles. The third-order valence-electron chi connectivity index (χ3n) is 3.26. The first kappa shape index (κ1) is 15.2. The molecule has 0 saturated heterocycles. The van der Waals surface area contributed by atoms with Crippen LogP contribution < -0.4 is 10.1 Å². The maximum absolute atomic E-state index is 9.16. The zero-order valence-electron chi connectivity index (χ0n) is 12.3. The van der Waals surface area contributed by atoms with E-state index in [1.165, 1.54) is 0 Å². The van der Waals surface area contributed by atoms with E-state index in [9.17, 15) is 0 Å². The summed E-state index contributed by atoms with van der Waals surface area (Å²) in [6.07, 6.45) is 0.819. The van der Waals surface area contributed by atoms with Crippen LogP contribution in [0, 0.1) is 11.3 Å². The second kappa shape index (κ2) is 6.51. The van der Waals surface area contributed by atoms with Gasteiger partial charge in [-0.1, -0.05) is 18.5 Å². The van der Waals surface area contributed by atoms with Crippen molar-refractivity contribution in [2.45, 2.75) is 19.9 Å². The second-order valence-electron chi connectivity index (χ2n) is 4.57. The fourth-order valence-electron chi connectivity index (χ4n) is 2.27. The Morgan fingerprint density at radius 1 is 1.48 bits per heavy atom. The number of nitrogens with zero attached hydrogens (tertiary/aromatic N) is 3. The number of halogens is 1. The van der Waals surface area contributed by atoms with Crippen molar-refractivity contribution in [3.63, 3.8) is 0 Å². The molecule has 0 saturated carbocycles. The summed E-state index contributed by atoms with van der Waals surface area (Å²) >= 11 is 5.90. The van der Waals surface area contributed by atoms with Crippen molar-refractivity contribution in [3.05, 3.63) is 40.0 Å². The number of rotatable bonds is 5. The van der Waals surface area contributed by atoms with E-state index in [0.29, 0.717) is 17.1 Å². The third-order valence-corrected chi connectivity index (χ3v) is 3.49. The molecule has 1 heterocycles. The lowest BCUT2D eigenvalue weighted by atomic mass is 10.1. The van der Waals surface area contributed by atoms with E-state index < -0.39 is 0 Å². The minimum absolute atomic E-state index is 0.517. The van der Waals surface area contributed by atoms with Crippen molar-refractivity contribution < 1.29 is 4.74 Å². The number of hydrogen-bond acceptors (Lipinski definition) is 4. The third kappa shape index (κ3) is 3.11. The molecular formula is C15H17ClN4O. The molecule has 5 nitrogen and oxygen atoms in total. The summed E-state index contributed by atoms with van der Waals surface area (Å²) in [4.78, 5) is 0. The van der Waals surface area contributed by atoms with Crippen molar-refractivity contribution in [1.29, 1.82) is 5.26 Å². The van der Waals surface area contributed by atoms with Crippen molar-refractivity contribution in [2.24, 2.45) is 7.05 Å². The molecule has 0 spiro atoms. The van der Waals surface area contributed by atoms with Crippen LogP contribution in [0.5, 0.6) is 5.88 Å². The van der Waals surface area contributed by atoms with Gasteiger partial charge in [0.15, 0.2) is 0 Å². The molecule has 0 amide bonds. The topological polar surface area (TPSA) is 62.9 Å². The van der Waals surface area contributed by atoms with Crippen molar-refractivity contribution in [2.75, 3.05) is 12.4 Å². The fraction of sp³-hybridized carbons (Fsp3) is 0.333. The quantitative estimate of drug-likeness (QED) is 0.922. The van der Waals surface area contributed by atoms with E-state index in [1.807, 2.05) is 14.0 Å². The Kier molecular flexibility index (Phi) is 4.71. The van der Waals surface area contributed by atoms with Gasteiger partial charge in [-0.05, 0) is 24.6 Å². The van der Waals surface area contributed by atoms with Crippen LogP contribution in [0.3, 0.4) is 0 Å². The summed E-state index contributed by atoms with van der Waals surface area (Å²) in [5.41, 5.74) is 3.24. The van der Waals surface area contributed by atoms with E-state index in [-0.39, 0.29) is 0 Å². The van der Waals surface area contributed by atoms with Crippen LogP contribution in [-0.4, -0.2) is 16.9 Å². The van der Waals surface area contributed by atoms with Gasteiger partial charge >= 0.3 is 0 Å². The van der Waals surface area contributed by atoms with E-state index in [0.717, 1.165) is 29.2 Å². The Hall–Kier alpha value is -2.19. The number of nitrogens with one attached hydrogen (secondary N) is 1. The zero-order valence-corrected chi connectivity index (χ0v) is 13.0. The van der Waals surface area contributed by atoms with E-state index >= 15 is 0 Å². The summed E-state index contributed by atoms with van der Waals surface area (Å²) in [6, 6.07) is 7.34. The molecule has 0 aliphatic heterocycles. The van der Waals surface area contributed by atoms with Crippen molar-refractivity contribution in [1.82, 2.24) is 9.78 Å². The van der Waals surface area contributed by atoms with Gasteiger partial charge in [-0.3, -0.25) is 0 Å². The SMILES string of the molecule is CCc1nn(C)c(OC)c1CNc1ccc(Cl)cc1C#N. The molecular weight excluding hydrogens is 288 g/mol. The molecule has 0 atom stereocenters. The van der Waals surface area contributed by atoms with Gasteiger partial charge in [-0.25, -0.2) is 4.68 Å². The summed E-state index contributed by atoms with van der Waals surface area (Å²) < 4.78 is 7.12. The van der Waals surface area contributed by atoms with Crippen LogP contribution in [0.15, 0.2) is 18.2 Å². The highest BCUT2D eigenvalue weighted by Gasteiger charge is 2.15. The molecule has 21 heavy (non-hydrogen) atoms. The van der Waals surface area contributed by atoms with Gasteiger partial charge in [-0.2, -0.15) is 10.4 Å². The van der Waals surface area contributed by atoms with Gasteiger partial charge in [0.05, 0.1) is 29.6 Å². The smallest absolute Gasteiger partial charge is 0.216 e. The number of nitriles is 1. The van der Waals surface area contributed by atoms with E-state index in [1.54, 1.807) is 30.0 Å². The maximum Gasteiger partial charge on any atom is 0.216 e. The minimum atomic E-state index is 0.517. The first-order chi connectivity index (χ1) is 10.1. The monoisotopic (exact) mass is 304 g/mol. The lowest BCUT2D eigenvalue weighted by Crippen LogP contribution is -2.04. The Balaban J connectivity index is 2.27. The first-order valence-corrected chi connectivity index (χ1v) is 7.00. The Labute approximate surface area is 129 Å². The van der Waals surface area contributed by atoms with Crippen molar-refractivity contribution >= 4 is 17.3 Å². The molecule has 0 unspecified atom stereocenters. The lowest BCUT2D eigenvalue weighted by molar-refractivity contribution is 0.370. The van der Waals surface area contributed by atoms with E-state index in [4.69, 9.17) is 21.6 Å². The van der Waals surface area contributed by atoms with Gasteiger partial charge in [0.1, 0.15) is 6.07 Å². The number of benzene rings is 1. The molecule has 1 N–H and O–H groups in total. The van der Waals surface area contributed by atoms with Crippen LogP contribution in [0.1, 0.15) is 23.7 Å². The second-order valence-corrected chi connectivity index (χ2v) is 5.00. The molecule has 6 heteroatoms. The zero-order chi connectivity index (χ0) is 15.4. The van der Waals surface area contributed by atoms with Crippen LogP contribution in [0.4, 0.5) is 5.69 Å². The number of ether oxygens (including phenoxy) is 1. The molecule has 110 valence electrons. The standard InChI is InChI=1S/C15H17ClN4O/c1-4-13-12(15(21-3)20(2)19-13)9-18-14-6-5-11(16)7-10(14)8-17/h5-7,18H,4,9H2,1-3H3. The number of aromatic nitrogens is 2. The summed E-state index contributed by atoms with van der Waals surface area (Å²) in [5, 5.41) is 17.4. The Morgan fingerprint density at radius 3 is 2.86 bits per heavy atom. The number of anilines is 1. The molecule has 0 aliphatic rings. The van der Waals surface area contributed by atoms with Gasteiger partial charge in [-0.15, -0.1) is 0 Å². The average Bonchev–Trinajstić information content (AvgIpc) is 2.80. The number of aryl methyl sites for hydroxylation is 2. The summed E-state index contributed by atoms with van der Waals surface area (Å²) in [6.45, 7) is 2.59. The van der Waals surface area contributed by atoms with Crippen LogP contribution in [0.25, 0.3) is 0 Å². The molecule has 0 radical (unpaired) electrons. The molecule has 1 aromatic heterocycles. The highest BCUT2D eigenvalue weighted by Crippen LogP contribution is 2.25. The van der Waals surface area contributed by atoms with Crippen LogP contribution >= 0.6 is 11.6 Å². The maximum atomic E-state index is 9.16. The first-order valence-electron chi connectivity index (χ1n) is 6.63. The Morgan fingerprint density at radius 2 is 2.24 bits per heavy atom. The highest BCUT2D eigenvalue weighted by atomic mass is 35.5. The Bertz CT molecular complexity index is 688. The van der Waals surface area contributed by atoms with Crippen LogP contribution in [-0.2, 0) is 20.0 Å². The molecule has 0 aliphatic carbocycles. The fourth-order valence-corrected chi connectivity index (χ4v) is 2.44. The predicted octanol–water partition coefficient (Wildman–Crippen LogP) is 3.13. The molecule has 0 fully saturated rings. The van der Waals surface area contributed by atoms with Crippen LogP contribution in [0.2, 0.25) is 5.02 Å². The van der Waals surface area contributed by atoms with Gasteiger partial charge in [0.25, 0.3) is 0 Å². The van der Waals surface area contributed by atoms with Crippen molar-refractivity contribution in [3.8, 4) is 11.9 Å². The normalized spacial score (nSPS) is 10.2. The van der Waals surface area contributed by atoms with E-state index in [2.05, 4.69) is 16.5 Å². The molecule has 2 rings (SSSR count). The largest absolute Gasteiger partial charge is 0.481 e. The summed E-state index contributed by atoms with van der Waals surface area (Å²) in [7, 11) is 3.48. The summed E-state index contributed by atoms with van der Waals surface area (Å²) in [5.74, 6) is 0.729. The average molecular weight is 305 g/mol. The molecule has 2 aromatic rings. The number of methoxy groups -OCH3 is 1.